The Bertz CT molecular complexity index is 3420. The average Bonchev–Trinajstić information content (AvgIpc) is 3.89. The molecule has 0 aliphatic rings. The first-order chi connectivity index (χ1) is 27.2. The number of hydrogen-bond donors (Lipinski definition) is 0. The van der Waals surface area contributed by atoms with Crippen LogP contribution in [0.2, 0.25) is 0 Å². The Morgan fingerprint density at radius 1 is 0.364 bits per heavy atom. The molecule has 0 saturated carbocycles. The number of aromatic nitrogens is 3. The van der Waals surface area contributed by atoms with E-state index in [0.717, 1.165) is 82.8 Å². The lowest BCUT2D eigenvalue weighted by atomic mass is 9.99. The second kappa shape index (κ2) is 11.8. The molecule has 5 heteroatoms. The van der Waals surface area contributed by atoms with E-state index in [1.807, 2.05) is 36.4 Å². The fraction of sp³-hybridized carbons (Fsp3) is 0. The van der Waals surface area contributed by atoms with Gasteiger partial charge in [0.05, 0.1) is 56.0 Å². The van der Waals surface area contributed by atoms with Crippen molar-refractivity contribution < 1.29 is 0 Å². The standard InChI is InChI=1S/C50H29N5/c51-30-33-13-10-19-41-40-17-3-5-20-43(40)54(50(33)41)35-14-9-12-32(28-35)37-27-26-36(29-34(37)31-52)53-46-23-8-4-18-42(46)49-47(53)24-11-25-48(49)55-44-21-6-1-15-38(44)39-16-2-7-22-45(39)55/h1-29H. The Balaban J connectivity index is 1.10. The van der Waals surface area contributed by atoms with Gasteiger partial charge in [0.25, 0.3) is 0 Å². The number of para-hydroxylation sites is 5. The van der Waals surface area contributed by atoms with E-state index in [-0.39, 0.29) is 0 Å². The van der Waals surface area contributed by atoms with Crippen molar-refractivity contribution in [2.75, 3.05) is 0 Å². The van der Waals surface area contributed by atoms with Crippen LogP contribution in [0.1, 0.15) is 11.1 Å². The molecule has 0 aliphatic heterocycles. The summed E-state index contributed by atoms with van der Waals surface area (Å²) in [6.07, 6.45) is 0. The summed E-state index contributed by atoms with van der Waals surface area (Å²) in [5, 5.41) is 27.7. The van der Waals surface area contributed by atoms with E-state index in [2.05, 4.69) is 165 Å². The summed E-state index contributed by atoms with van der Waals surface area (Å²) in [4.78, 5) is 0. The number of hydrogen-bond acceptors (Lipinski definition) is 2. The molecule has 0 bridgehead atoms. The Kier molecular flexibility index (Phi) is 6.61. The Morgan fingerprint density at radius 2 is 0.891 bits per heavy atom. The summed E-state index contributed by atoms with van der Waals surface area (Å²) < 4.78 is 6.84. The van der Waals surface area contributed by atoms with Crippen LogP contribution in [0.25, 0.3) is 93.6 Å². The summed E-state index contributed by atoms with van der Waals surface area (Å²) in [5.41, 5.74) is 12.3. The third kappa shape index (κ3) is 4.39. The highest BCUT2D eigenvalue weighted by Gasteiger charge is 2.21. The lowest BCUT2D eigenvalue weighted by Crippen LogP contribution is -1.98. The number of benzene rings is 8. The van der Waals surface area contributed by atoms with Gasteiger partial charge in [-0.2, -0.15) is 10.5 Å². The normalized spacial score (nSPS) is 11.6. The second-order valence-electron chi connectivity index (χ2n) is 14.0. The van der Waals surface area contributed by atoms with Gasteiger partial charge in [-0.15, -0.1) is 0 Å². The summed E-state index contributed by atoms with van der Waals surface area (Å²) in [6, 6.07) is 65.8. The van der Waals surface area contributed by atoms with Crippen LogP contribution < -0.4 is 0 Å². The molecule has 0 spiro atoms. The minimum absolute atomic E-state index is 0.582. The molecule has 254 valence electrons. The van der Waals surface area contributed by atoms with Crippen molar-refractivity contribution >= 4 is 65.4 Å². The molecule has 0 amide bonds. The van der Waals surface area contributed by atoms with E-state index in [9.17, 15) is 10.5 Å². The fourth-order valence-electron chi connectivity index (χ4n) is 8.85. The van der Waals surface area contributed by atoms with Crippen molar-refractivity contribution in [1.82, 2.24) is 13.7 Å². The Hall–Kier alpha value is -7.86. The first-order valence-electron chi connectivity index (χ1n) is 18.3. The average molecular weight is 700 g/mol. The molecule has 11 aromatic rings. The SMILES string of the molecule is N#Cc1cc(-n2c3ccccc3c3c(-n4c5ccccc5c5ccccc54)cccc32)ccc1-c1cccc(-n2c3ccccc3c3cccc(C#N)c32)c1. The highest BCUT2D eigenvalue weighted by atomic mass is 15.0. The van der Waals surface area contributed by atoms with Gasteiger partial charge < -0.3 is 13.7 Å². The molecule has 8 aromatic carbocycles. The number of fused-ring (bicyclic) bond motifs is 9. The van der Waals surface area contributed by atoms with Crippen LogP contribution in [0.5, 0.6) is 0 Å². The second-order valence-corrected chi connectivity index (χ2v) is 14.0. The van der Waals surface area contributed by atoms with Gasteiger partial charge in [-0.1, -0.05) is 109 Å². The molecule has 11 rings (SSSR count). The predicted molar refractivity (Wildman–Crippen MR) is 224 cm³/mol. The highest BCUT2D eigenvalue weighted by Crippen LogP contribution is 2.41. The summed E-state index contributed by atoms with van der Waals surface area (Å²) >= 11 is 0. The molecule has 0 saturated heterocycles. The van der Waals surface area contributed by atoms with Gasteiger partial charge in [-0.3, -0.25) is 0 Å². The van der Waals surface area contributed by atoms with E-state index in [1.165, 1.54) is 10.8 Å². The number of rotatable bonds is 4. The zero-order valence-corrected chi connectivity index (χ0v) is 29.5. The topological polar surface area (TPSA) is 62.4 Å². The molecule has 0 atom stereocenters. The fourth-order valence-corrected chi connectivity index (χ4v) is 8.85. The van der Waals surface area contributed by atoms with E-state index in [1.54, 1.807) is 0 Å². The predicted octanol–water partition coefficient (Wildman–Crippen LogP) is 12.4. The summed E-state index contributed by atoms with van der Waals surface area (Å²) in [6.45, 7) is 0. The quantitative estimate of drug-likeness (QED) is 0.184. The Labute approximate surface area is 316 Å². The van der Waals surface area contributed by atoms with Crippen molar-refractivity contribution in [3.63, 3.8) is 0 Å². The van der Waals surface area contributed by atoms with Crippen LogP contribution in [-0.4, -0.2) is 13.7 Å². The van der Waals surface area contributed by atoms with Gasteiger partial charge in [0.1, 0.15) is 6.07 Å². The van der Waals surface area contributed by atoms with Gasteiger partial charge in [-0.25, -0.2) is 0 Å². The monoisotopic (exact) mass is 699 g/mol. The van der Waals surface area contributed by atoms with Crippen LogP contribution >= 0.6 is 0 Å². The van der Waals surface area contributed by atoms with Gasteiger partial charge in [0, 0.05) is 43.7 Å². The molecule has 55 heavy (non-hydrogen) atoms. The van der Waals surface area contributed by atoms with Crippen LogP contribution in [0.15, 0.2) is 176 Å². The van der Waals surface area contributed by atoms with Crippen LogP contribution in [0.3, 0.4) is 0 Å². The minimum Gasteiger partial charge on any atom is -0.309 e. The highest BCUT2D eigenvalue weighted by molar-refractivity contribution is 6.16. The van der Waals surface area contributed by atoms with Gasteiger partial charge in [-0.05, 0) is 77.9 Å². The molecule has 0 unspecified atom stereocenters. The third-order valence-corrected chi connectivity index (χ3v) is 11.1. The van der Waals surface area contributed by atoms with Crippen molar-refractivity contribution in [3.8, 4) is 40.3 Å². The minimum atomic E-state index is 0.582. The molecule has 3 aromatic heterocycles. The Morgan fingerprint density at radius 3 is 1.58 bits per heavy atom. The van der Waals surface area contributed by atoms with Gasteiger partial charge >= 0.3 is 0 Å². The van der Waals surface area contributed by atoms with Crippen molar-refractivity contribution in [2.45, 2.75) is 0 Å². The lowest BCUT2D eigenvalue weighted by Gasteiger charge is -2.14. The van der Waals surface area contributed by atoms with Crippen LogP contribution in [-0.2, 0) is 0 Å². The molecule has 5 nitrogen and oxygen atoms in total. The zero-order chi connectivity index (χ0) is 36.6. The molecular weight excluding hydrogens is 671 g/mol. The van der Waals surface area contributed by atoms with Crippen LogP contribution in [0, 0.1) is 22.7 Å². The third-order valence-electron chi connectivity index (χ3n) is 11.1. The molecule has 0 aliphatic carbocycles. The van der Waals surface area contributed by atoms with Crippen molar-refractivity contribution in [1.29, 1.82) is 10.5 Å². The molecule has 0 N–H and O–H groups in total. The van der Waals surface area contributed by atoms with Crippen molar-refractivity contribution in [2.24, 2.45) is 0 Å². The maximum atomic E-state index is 10.7. The van der Waals surface area contributed by atoms with E-state index in [0.29, 0.717) is 11.1 Å². The molecule has 0 fully saturated rings. The van der Waals surface area contributed by atoms with E-state index in [4.69, 9.17) is 0 Å². The van der Waals surface area contributed by atoms with Gasteiger partial charge in [0.15, 0.2) is 0 Å². The lowest BCUT2D eigenvalue weighted by molar-refractivity contribution is 1.16. The molecule has 3 heterocycles. The number of nitriles is 2. The smallest absolute Gasteiger partial charge is 0.101 e. The maximum Gasteiger partial charge on any atom is 0.101 e. The maximum absolute atomic E-state index is 10.7. The van der Waals surface area contributed by atoms with Crippen LogP contribution in [0.4, 0.5) is 0 Å². The molecular formula is C50H29N5. The van der Waals surface area contributed by atoms with Gasteiger partial charge in [0.2, 0.25) is 0 Å². The van der Waals surface area contributed by atoms with E-state index < -0.39 is 0 Å². The first-order valence-corrected chi connectivity index (χ1v) is 18.3. The number of nitrogens with zero attached hydrogens (tertiary/aromatic N) is 5. The summed E-state index contributed by atoms with van der Waals surface area (Å²) in [5.74, 6) is 0. The first kappa shape index (κ1) is 30.7. The van der Waals surface area contributed by atoms with E-state index >= 15 is 0 Å². The summed E-state index contributed by atoms with van der Waals surface area (Å²) in [7, 11) is 0. The largest absolute Gasteiger partial charge is 0.309 e. The van der Waals surface area contributed by atoms with Crippen molar-refractivity contribution in [3.05, 3.63) is 187 Å². The zero-order valence-electron chi connectivity index (χ0n) is 29.5. The molecule has 0 radical (unpaired) electrons.